The Morgan fingerprint density at radius 3 is 2.53 bits per heavy atom. The zero-order valence-corrected chi connectivity index (χ0v) is 17.2. The minimum absolute atomic E-state index is 0.0808. The van der Waals surface area contributed by atoms with Crippen molar-refractivity contribution in [3.05, 3.63) is 71.0 Å². The second-order valence-electron chi connectivity index (χ2n) is 8.10. The SMILES string of the molecule is CC(=O)N1CCCCN2[C@H](C1)[C@H](c1ccc(C#Cc3ccccc3F)cc1)[C@@H]2CO. The summed E-state index contributed by atoms with van der Waals surface area (Å²) in [7, 11) is 0. The number of rotatable bonds is 2. The Bertz CT molecular complexity index is 963. The van der Waals surface area contributed by atoms with Crippen molar-refractivity contribution < 1.29 is 14.3 Å². The fourth-order valence-corrected chi connectivity index (χ4v) is 4.72. The molecule has 2 aromatic rings. The van der Waals surface area contributed by atoms with Crippen LogP contribution >= 0.6 is 0 Å². The normalized spacial score (nSPS) is 24.0. The fourth-order valence-electron chi connectivity index (χ4n) is 4.72. The average Bonchev–Trinajstić information content (AvgIpc) is 2.72. The molecule has 2 fully saturated rings. The molecule has 0 unspecified atom stereocenters. The fraction of sp³-hybridized carbons (Fsp3) is 0.400. The van der Waals surface area contributed by atoms with Crippen molar-refractivity contribution in [2.24, 2.45) is 0 Å². The summed E-state index contributed by atoms with van der Waals surface area (Å²) in [5.41, 5.74) is 2.35. The molecule has 156 valence electrons. The number of hydrogen-bond donors (Lipinski definition) is 1. The Balaban J connectivity index is 1.54. The van der Waals surface area contributed by atoms with Crippen molar-refractivity contribution in [3.63, 3.8) is 0 Å². The van der Waals surface area contributed by atoms with Crippen molar-refractivity contribution in [2.75, 3.05) is 26.2 Å². The van der Waals surface area contributed by atoms with E-state index < -0.39 is 0 Å². The molecule has 30 heavy (non-hydrogen) atoms. The average molecular weight is 407 g/mol. The van der Waals surface area contributed by atoms with Crippen molar-refractivity contribution in [3.8, 4) is 11.8 Å². The van der Waals surface area contributed by atoms with E-state index in [1.54, 1.807) is 25.1 Å². The third kappa shape index (κ3) is 4.12. The summed E-state index contributed by atoms with van der Waals surface area (Å²) in [5, 5.41) is 10.0. The van der Waals surface area contributed by atoms with Crippen LogP contribution in [0.5, 0.6) is 0 Å². The number of aliphatic hydroxyl groups excluding tert-OH is 1. The van der Waals surface area contributed by atoms with Crippen LogP contribution in [0.2, 0.25) is 0 Å². The molecule has 2 heterocycles. The van der Waals surface area contributed by atoms with Crippen molar-refractivity contribution >= 4 is 5.91 Å². The minimum Gasteiger partial charge on any atom is -0.395 e. The first kappa shape index (κ1) is 20.6. The maximum absolute atomic E-state index is 13.7. The molecule has 0 saturated carbocycles. The lowest BCUT2D eigenvalue weighted by atomic mass is 9.74. The van der Waals surface area contributed by atoms with Gasteiger partial charge in [0, 0.05) is 43.6 Å². The van der Waals surface area contributed by atoms with E-state index >= 15 is 0 Å². The molecule has 0 aliphatic carbocycles. The Hall–Kier alpha value is -2.68. The lowest BCUT2D eigenvalue weighted by Gasteiger charge is -2.57. The highest BCUT2D eigenvalue weighted by atomic mass is 19.1. The lowest BCUT2D eigenvalue weighted by Crippen LogP contribution is -2.67. The van der Waals surface area contributed by atoms with Crippen molar-refractivity contribution in [1.82, 2.24) is 9.80 Å². The topological polar surface area (TPSA) is 43.8 Å². The standard InChI is InChI=1S/C25H27FN2O2/c1-18(30)27-14-4-5-15-28-23(16-27)25(24(28)17-29)21-12-9-19(10-13-21)8-11-20-6-2-3-7-22(20)26/h2-3,6-7,9-10,12-13,23-25,29H,4-5,14-17H2,1H3/t23-,24+,25+/m1/s1. The molecule has 2 aliphatic heterocycles. The Morgan fingerprint density at radius 1 is 1.10 bits per heavy atom. The molecule has 0 radical (unpaired) electrons. The molecule has 0 spiro atoms. The summed E-state index contributed by atoms with van der Waals surface area (Å²) in [6.07, 6.45) is 2.04. The molecule has 2 aliphatic rings. The molecule has 1 amide bonds. The summed E-state index contributed by atoms with van der Waals surface area (Å²) < 4.78 is 13.7. The number of carbonyl (C=O) groups excluding carboxylic acids is 1. The van der Waals surface area contributed by atoms with Crippen LogP contribution in [-0.4, -0.2) is 59.1 Å². The highest BCUT2D eigenvalue weighted by Crippen LogP contribution is 2.41. The summed E-state index contributed by atoms with van der Waals surface area (Å²) in [6.45, 7) is 4.21. The molecule has 2 saturated heterocycles. The molecule has 1 N–H and O–H groups in total. The maximum Gasteiger partial charge on any atom is 0.219 e. The van der Waals surface area contributed by atoms with Crippen molar-refractivity contribution in [2.45, 2.75) is 37.8 Å². The lowest BCUT2D eigenvalue weighted by molar-refractivity contribution is -0.134. The Labute approximate surface area is 177 Å². The van der Waals surface area contributed by atoms with Crippen LogP contribution in [0.15, 0.2) is 48.5 Å². The van der Waals surface area contributed by atoms with Gasteiger partial charge in [-0.25, -0.2) is 4.39 Å². The van der Waals surface area contributed by atoms with Gasteiger partial charge in [0.1, 0.15) is 5.82 Å². The smallest absolute Gasteiger partial charge is 0.219 e. The first-order valence-corrected chi connectivity index (χ1v) is 10.6. The first-order chi connectivity index (χ1) is 14.6. The van der Waals surface area contributed by atoms with Gasteiger partial charge in [0.15, 0.2) is 0 Å². The van der Waals surface area contributed by atoms with E-state index in [9.17, 15) is 14.3 Å². The molecular formula is C25H27FN2O2. The van der Waals surface area contributed by atoms with Gasteiger partial charge < -0.3 is 10.0 Å². The van der Waals surface area contributed by atoms with E-state index in [4.69, 9.17) is 0 Å². The van der Waals surface area contributed by atoms with Crippen LogP contribution in [0.4, 0.5) is 4.39 Å². The molecule has 3 atom stereocenters. The van der Waals surface area contributed by atoms with E-state index in [0.717, 1.165) is 37.1 Å². The Morgan fingerprint density at radius 2 is 1.83 bits per heavy atom. The van der Waals surface area contributed by atoms with Crippen LogP contribution in [0.3, 0.4) is 0 Å². The van der Waals surface area contributed by atoms with Crippen LogP contribution in [-0.2, 0) is 4.79 Å². The number of aliphatic hydroxyl groups is 1. The summed E-state index contributed by atoms with van der Waals surface area (Å²) >= 11 is 0. The van der Waals surface area contributed by atoms with Gasteiger partial charge >= 0.3 is 0 Å². The van der Waals surface area contributed by atoms with Crippen LogP contribution in [0.25, 0.3) is 0 Å². The number of halogens is 1. The van der Waals surface area contributed by atoms with Crippen molar-refractivity contribution in [1.29, 1.82) is 0 Å². The number of fused-ring (bicyclic) bond motifs is 1. The molecule has 2 aromatic carbocycles. The molecule has 4 nitrogen and oxygen atoms in total. The highest BCUT2D eigenvalue weighted by Gasteiger charge is 2.49. The summed E-state index contributed by atoms with van der Waals surface area (Å²) in [5.74, 6) is 5.89. The minimum atomic E-state index is -0.318. The molecule has 0 aromatic heterocycles. The van der Waals surface area contributed by atoms with Gasteiger partial charge in [-0.2, -0.15) is 0 Å². The van der Waals surface area contributed by atoms with Gasteiger partial charge in [-0.15, -0.1) is 0 Å². The highest BCUT2D eigenvalue weighted by molar-refractivity contribution is 5.73. The maximum atomic E-state index is 13.7. The monoisotopic (exact) mass is 406 g/mol. The van der Waals surface area contributed by atoms with Gasteiger partial charge in [-0.05, 0) is 49.2 Å². The van der Waals surface area contributed by atoms with E-state index in [0.29, 0.717) is 12.1 Å². The largest absolute Gasteiger partial charge is 0.395 e. The number of nitrogens with zero attached hydrogens (tertiary/aromatic N) is 2. The number of hydrogen-bond acceptors (Lipinski definition) is 3. The third-order valence-electron chi connectivity index (χ3n) is 6.33. The second-order valence-corrected chi connectivity index (χ2v) is 8.10. The van der Waals surface area contributed by atoms with E-state index in [1.807, 2.05) is 29.2 Å². The van der Waals surface area contributed by atoms with Gasteiger partial charge in [-0.3, -0.25) is 9.69 Å². The van der Waals surface area contributed by atoms with Gasteiger partial charge in [-0.1, -0.05) is 36.1 Å². The van der Waals surface area contributed by atoms with E-state index in [1.165, 1.54) is 6.07 Å². The second kappa shape index (κ2) is 8.99. The predicted molar refractivity (Wildman–Crippen MR) is 114 cm³/mol. The Kier molecular flexibility index (Phi) is 6.17. The zero-order valence-electron chi connectivity index (χ0n) is 17.2. The van der Waals surface area contributed by atoms with Crippen LogP contribution < -0.4 is 0 Å². The van der Waals surface area contributed by atoms with Crippen LogP contribution in [0, 0.1) is 17.7 Å². The van der Waals surface area contributed by atoms with E-state index in [2.05, 4.69) is 16.7 Å². The summed E-state index contributed by atoms with van der Waals surface area (Å²) in [4.78, 5) is 16.3. The van der Waals surface area contributed by atoms with Gasteiger partial charge in [0.2, 0.25) is 5.91 Å². The third-order valence-corrected chi connectivity index (χ3v) is 6.33. The quantitative estimate of drug-likeness (QED) is 0.780. The molecule has 0 bridgehead atoms. The number of benzene rings is 2. The number of amides is 1. The first-order valence-electron chi connectivity index (χ1n) is 10.6. The molecule has 5 heteroatoms. The number of carbonyl (C=O) groups is 1. The van der Waals surface area contributed by atoms with Gasteiger partial charge in [0.25, 0.3) is 0 Å². The molecule has 4 rings (SSSR count). The van der Waals surface area contributed by atoms with E-state index in [-0.39, 0.29) is 36.3 Å². The van der Waals surface area contributed by atoms with Gasteiger partial charge in [0.05, 0.1) is 12.2 Å². The summed E-state index contributed by atoms with van der Waals surface area (Å²) in [6, 6.07) is 14.8. The zero-order chi connectivity index (χ0) is 21.1. The van der Waals surface area contributed by atoms with Crippen LogP contribution in [0.1, 0.15) is 42.4 Å². The molecular weight excluding hydrogens is 379 g/mol. The predicted octanol–water partition coefficient (Wildman–Crippen LogP) is 3.00.